The number of carbonyl (C=O) groups is 2. The first-order chi connectivity index (χ1) is 10.4. The molecule has 2 atom stereocenters. The summed E-state index contributed by atoms with van der Waals surface area (Å²) >= 11 is 0. The van der Waals surface area contributed by atoms with Gasteiger partial charge in [-0.3, -0.25) is 9.59 Å². The van der Waals surface area contributed by atoms with Crippen LogP contribution in [0.5, 0.6) is 0 Å². The maximum atomic E-state index is 12.0. The van der Waals surface area contributed by atoms with Crippen molar-refractivity contribution in [2.45, 2.75) is 51.7 Å². The van der Waals surface area contributed by atoms with Crippen molar-refractivity contribution in [2.75, 3.05) is 6.61 Å². The zero-order valence-corrected chi connectivity index (χ0v) is 12.8. The highest BCUT2D eigenvalue weighted by Gasteiger charge is 2.42. The minimum Gasteiger partial charge on any atom is -0.481 e. The first-order valence-corrected chi connectivity index (χ1v) is 7.31. The number of aryl methyl sites for hydroxylation is 1. The zero-order chi connectivity index (χ0) is 16.2. The minimum absolute atomic E-state index is 0.0489. The molecule has 0 aliphatic heterocycles. The highest BCUT2D eigenvalue weighted by molar-refractivity contribution is 5.80. The summed E-state index contributed by atoms with van der Waals surface area (Å²) in [7, 11) is 0. The Labute approximate surface area is 128 Å². The van der Waals surface area contributed by atoms with Crippen LogP contribution in [0.25, 0.3) is 0 Å². The molecule has 1 fully saturated rings. The Morgan fingerprint density at radius 2 is 2.27 bits per heavy atom. The van der Waals surface area contributed by atoms with Crippen LogP contribution < -0.4 is 5.32 Å². The molecule has 0 aromatic carbocycles. The van der Waals surface area contributed by atoms with Crippen molar-refractivity contribution in [3.8, 4) is 0 Å². The molecule has 0 spiro atoms. The lowest BCUT2D eigenvalue weighted by Crippen LogP contribution is -2.56. The van der Waals surface area contributed by atoms with Crippen molar-refractivity contribution in [3.05, 3.63) is 11.7 Å². The summed E-state index contributed by atoms with van der Waals surface area (Å²) < 4.78 is 10.1. The maximum Gasteiger partial charge on any atom is 0.308 e. The summed E-state index contributed by atoms with van der Waals surface area (Å²) in [4.78, 5) is 27.3. The third kappa shape index (κ3) is 4.03. The van der Waals surface area contributed by atoms with Crippen LogP contribution in [0.1, 0.15) is 44.3 Å². The average Bonchev–Trinajstić information content (AvgIpc) is 2.84. The number of amides is 1. The average molecular weight is 311 g/mol. The zero-order valence-electron chi connectivity index (χ0n) is 12.8. The molecular formula is C14H21N3O5. The van der Waals surface area contributed by atoms with Gasteiger partial charge in [0, 0.05) is 0 Å². The number of nitrogens with zero attached hydrogens (tertiary/aromatic N) is 2. The Balaban J connectivity index is 1.83. The fourth-order valence-electron chi connectivity index (χ4n) is 2.86. The predicted octanol–water partition coefficient (Wildman–Crippen LogP) is 1.04. The standard InChI is InChI=1S/C14H21N3O5/c1-9-15-12(22-17-9)8-21-7-11(18)16-14(2)6-4-3-5-10(14)13(19)20/h10H,3-8H2,1-2H3,(H,16,18)(H,19,20). The Bertz CT molecular complexity index is 544. The summed E-state index contributed by atoms with van der Waals surface area (Å²) in [6.45, 7) is 3.34. The van der Waals surface area contributed by atoms with Gasteiger partial charge in [0.1, 0.15) is 13.2 Å². The van der Waals surface area contributed by atoms with Crippen molar-refractivity contribution in [2.24, 2.45) is 5.92 Å². The molecule has 122 valence electrons. The van der Waals surface area contributed by atoms with Gasteiger partial charge in [-0.15, -0.1) is 0 Å². The number of hydrogen-bond donors (Lipinski definition) is 2. The highest BCUT2D eigenvalue weighted by atomic mass is 16.5. The Hall–Kier alpha value is -1.96. The molecule has 2 rings (SSSR count). The molecule has 1 aromatic rings. The maximum absolute atomic E-state index is 12.0. The monoisotopic (exact) mass is 311 g/mol. The van der Waals surface area contributed by atoms with E-state index in [0.717, 1.165) is 12.8 Å². The van der Waals surface area contributed by atoms with E-state index in [2.05, 4.69) is 15.5 Å². The molecule has 8 nitrogen and oxygen atoms in total. The second kappa shape index (κ2) is 6.87. The van der Waals surface area contributed by atoms with Gasteiger partial charge in [0.05, 0.1) is 11.5 Å². The number of nitrogens with one attached hydrogen (secondary N) is 1. The van der Waals surface area contributed by atoms with E-state index in [1.54, 1.807) is 13.8 Å². The fourth-order valence-corrected chi connectivity index (χ4v) is 2.86. The van der Waals surface area contributed by atoms with E-state index >= 15 is 0 Å². The van der Waals surface area contributed by atoms with Crippen LogP contribution >= 0.6 is 0 Å². The van der Waals surface area contributed by atoms with Gasteiger partial charge < -0.3 is 19.7 Å². The lowest BCUT2D eigenvalue weighted by atomic mass is 9.74. The van der Waals surface area contributed by atoms with E-state index in [4.69, 9.17) is 9.26 Å². The van der Waals surface area contributed by atoms with Crippen LogP contribution in [0.2, 0.25) is 0 Å². The van der Waals surface area contributed by atoms with Crippen molar-refractivity contribution in [1.29, 1.82) is 0 Å². The van der Waals surface area contributed by atoms with E-state index in [-0.39, 0.29) is 19.1 Å². The number of ether oxygens (including phenoxy) is 1. The van der Waals surface area contributed by atoms with Crippen LogP contribution in [-0.4, -0.2) is 39.3 Å². The molecule has 1 aliphatic rings. The van der Waals surface area contributed by atoms with Gasteiger partial charge in [-0.2, -0.15) is 4.98 Å². The third-order valence-corrected chi connectivity index (χ3v) is 3.96. The smallest absolute Gasteiger partial charge is 0.308 e. The van der Waals surface area contributed by atoms with Crippen LogP contribution in [0.3, 0.4) is 0 Å². The second-order valence-electron chi connectivity index (χ2n) is 5.83. The summed E-state index contributed by atoms with van der Waals surface area (Å²) in [5.74, 6) is -0.972. The summed E-state index contributed by atoms with van der Waals surface area (Å²) in [5.41, 5.74) is -0.731. The van der Waals surface area contributed by atoms with Gasteiger partial charge >= 0.3 is 5.97 Å². The van der Waals surface area contributed by atoms with E-state index < -0.39 is 17.4 Å². The van der Waals surface area contributed by atoms with Gasteiger partial charge in [0.2, 0.25) is 5.91 Å². The lowest BCUT2D eigenvalue weighted by molar-refractivity contribution is -0.147. The number of carboxylic acid groups (broad SMARTS) is 1. The van der Waals surface area contributed by atoms with Crippen LogP contribution in [0.4, 0.5) is 0 Å². The van der Waals surface area contributed by atoms with E-state index in [1.807, 2.05) is 0 Å². The molecule has 1 aromatic heterocycles. The highest BCUT2D eigenvalue weighted by Crippen LogP contribution is 2.33. The summed E-state index contributed by atoms with van der Waals surface area (Å²) in [6, 6.07) is 0. The molecule has 1 amide bonds. The second-order valence-corrected chi connectivity index (χ2v) is 5.83. The van der Waals surface area contributed by atoms with Crippen LogP contribution in [0.15, 0.2) is 4.52 Å². The Morgan fingerprint density at radius 1 is 1.50 bits per heavy atom. The van der Waals surface area contributed by atoms with Gasteiger partial charge in [0.15, 0.2) is 5.82 Å². The Kier molecular flexibility index (Phi) is 5.12. The molecule has 1 saturated carbocycles. The summed E-state index contributed by atoms with van der Waals surface area (Å²) in [6.07, 6.45) is 3.00. The molecular weight excluding hydrogens is 290 g/mol. The first kappa shape index (κ1) is 16.4. The number of aromatic nitrogens is 2. The largest absolute Gasteiger partial charge is 0.481 e. The van der Waals surface area contributed by atoms with Crippen molar-refractivity contribution < 1.29 is 24.0 Å². The van der Waals surface area contributed by atoms with E-state index in [1.165, 1.54) is 0 Å². The van der Waals surface area contributed by atoms with Crippen LogP contribution in [-0.2, 0) is 20.9 Å². The van der Waals surface area contributed by atoms with Crippen molar-refractivity contribution in [3.63, 3.8) is 0 Å². The molecule has 22 heavy (non-hydrogen) atoms. The van der Waals surface area contributed by atoms with Gasteiger partial charge in [-0.05, 0) is 26.7 Å². The fraction of sp³-hybridized carbons (Fsp3) is 0.714. The SMILES string of the molecule is Cc1noc(COCC(=O)NC2(C)CCCCC2C(=O)O)n1. The van der Waals surface area contributed by atoms with Gasteiger partial charge in [-0.1, -0.05) is 18.0 Å². The predicted molar refractivity (Wildman–Crippen MR) is 74.8 cm³/mol. The number of aliphatic carboxylic acids is 1. The van der Waals surface area contributed by atoms with E-state index in [9.17, 15) is 14.7 Å². The normalized spacial score (nSPS) is 24.9. The molecule has 0 radical (unpaired) electrons. The van der Waals surface area contributed by atoms with Crippen molar-refractivity contribution >= 4 is 11.9 Å². The van der Waals surface area contributed by atoms with Crippen LogP contribution in [0, 0.1) is 12.8 Å². The van der Waals surface area contributed by atoms with Gasteiger partial charge in [-0.25, -0.2) is 0 Å². The molecule has 1 heterocycles. The number of rotatable bonds is 6. The number of carboxylic acids is 1. The minimum atomic E-state index is -0.871. The quantitative estimate of drug-likeness (QED) is 0.806. The van der Waals surface area contributed by atoms with Gasteiger partial charge in [0.25, 0.3) is 5.89 Å². The third-order valence-electron chi connectivity index (χ3n) is 3.96. The van der Waals surface area contributed by atoms with E-state index in [0.29, 0.717) is 24.6 Å². The molecule has 0 bridgehead atoms. The first-order valence-electron chi connectivity index (χ1n) is 7.31. The molecule has 2 unspecified atom stereocenters. The topological polar surface area (TPSA) is 115 Å². The summed E-state index contributed by atoms with van der Waals surface area (Å²) in [5, 5.41) is 15.7. The molecule has 0 saturated heterocycles. The molecule has 1 aliphatic carbocycles. The molecule has 8 heteroatoms. The number of carbonyl (C=O) groups excluding carboxylic acids is 1. The lowest BCUT2D eigenvalue weighted by Gasteiger charge is -2.39. The number of hydrogen-bond acceptors (Lipinski definition) is 6. The molecule has 2 N–H and O–H groups in total. The van der Waals surface area contributed by atoms with Crippen molar-refractivity contribution in [1.82, 2.24) is 15.5 Å². The Morgan fingerprint density at radius 3 is 2.91 bits per heavy atom.